The van der Waals surface area contributed by atoms with E-state index in [9.17, 15) is 4.79 Å². The van der Waals surface area contributed by atoms with E-state index in [2.05, 4.69) is 35.4 Å². The number of carbonyl (C=O) groups is 1. The average Bonchev–Trinajstić information content (AvgIpc) is 2.82. The van der Waals surface area contributed by atoms with Crippen LogP contribution in [0.25, 0.3) is 0 Å². The SMILES string of the molecule is Cc1cccc(CCNC(=O)c2ccc[nH]2)c1. The Hall–Kier alpha value is -2.03. The van der Waals surface area contributed by atoms with Gasteiger partial charge in [-0.1, -0.05) is 29.8 Å². The second-order valence-corrected chi connectivity index (χ2v) is 4.08. The normalized spacial score (nSPS) is 10.2. The van der Waals surface area contributed by atoms with Crippen LogP contribution in [0.2, 0.25) is 0 Å². The van der Waals surface area contributed by atoms with Gasteiger partial charge in [0.1, 0.15) is 5.69 Å². The van der Waals surface area contributed by atoms with Gasteiger partial charge in [-0.3, -0.25) is 4.79 Å². The fraction of sp³-hybridized carbons (Fsp3) is 0.214. The molecule has 1 aromatic carbocycles. The second kappa shape index (κ2) is 5.34. The zero-order valence-electron chi connectivity index (χ0n) is 9.86. The molecule has 2 rings (SSSR count). The van der Waals surface area contributed by atoms with E-state index in [0.29, 0.717) is 12.2 Å². The maximum absolute atomic E-state index is 11.6. The molecule has 0 saturated heterocycles. The van der Waals surface area contributed by atoms with E-state index >= 15 is 0 Å². The molecular formula is C14H16N2O. The van der Waals surface area contributed by atoms with Crippen LogP contribution in [0.3, 0.4) is 0 Å². The van der Waals surface area contributed by atoms with Gasteiger partial charge in [0, 0.05) is 12.7 Å². The molecular weight excluding hydrogens is 212 g/mol. The molecule has 0 bridgehead atoms. The van der Waals surface area contributed by atoms with Crippen molar-refractivity contribution >= 4 is 5.91 Å². The predicted molar refractivity (Wildman–Crippen MR) is 68.0 cm³/mol. The molecule has 0 aliphatic rings. The Bertz CT molecular complexity index is 489. The van der Waals surface area contributed by atoms with Crippen molar-refractivity contribution in [1.82, 2.24) is 10.3 Å². The van der Waals surface area contributed by atoms with Crippen molar-refractivity contribution in [2.45, 2.75) is 13.3 Å². The molecule has 88 valence electrons. The summed E-state index contributed by atoms with van der Waals surface area (Å²) < 4.78 is 0. The van der Waals surface area contributed by atoms with Gasteiger partial charge in [0.25, 0.3) is 5.91 Å². The minimum Gasteiger partial charge on any atom is -0.357 e. The summed E-state index contributed by atoms with van der Waals surface area (Å²) in [6.07, 6.45) is 2.60. The smallest absolute Gasteiger partial charge is 0.267 e. The van der Waals surface area contributed by atoms with E-state index < -0.39 is 0 Å². The molecule has 0 aliphatic heterocycles. The van der Waals surface area contributed by atoms with Crippen LogP contribution in [0, 0.1) is 6.92 Å². The molecule has 3 heteroatoms. The largest absolute Gasteiger partial charge is 0.357 e. The van der Waals surface area contributed by atoms with E-state index in [4.69, 9.17) is 0 Å². The van der Waals surface area contributed by atoms with Crippen molar-refractivity contribution in [2.24, 2.45) is 0 Å². The highest BCUT2D eigenvalue weighted by Gasteiger charge is 2.04. The molecule has 0 fully saturated rings. The molecule has 1 amide bonds. The first-order valence-corrected chi connectivity index (χ1v) is 5.73. The maximum atomic E-state index is 11.6. The fourth-order valence-corrected chi connectivity index (χ4v) is 1.75. The Morgan fingerprint density at radius 1 is 1.29 bits per heavy atom. The lowest BCUT2D eigenvalue weighted by Crippen LogP contribution is -2.25. The Labute approximate surface area is 101 Å². The first-order valence-electron chi connectivity index (χ1n) is 5.73. The van der Waals surface area contributed by atoms with Crippen LogP contribution in [0.5, 0.6) is 0 Å². The number of aryl methyl sites for hydroxylation is 1. The lowest BCUT2D eigenvalue weighted by atomic mass is 10.1. The summed E-state index contributed by atoms with van der Waals surface area (Å²) in [5.41, 5.74) is 3.10. The lowest BCUT2D eigenvalue weighted by Gasteiger charge is -2.04. The third kappa shape index (κ3) is 3.21. The number of nitrogens with one attached hydrogen (secondary N) is 2. The highest BCUT2D eigenvalue weighted by atomic mass is 16.1. The summed E-state index contributed by atoms with van der Waals surface area (Å²) in [7, 11) is 0. The molecule has 0 radical (unpaired) electrons. The standard InChI is InChI=1S/C14H16N2O/c1-11-4-2-5-12(10-11)7-9-16-14(17)13-6-3-8-15-13/h2-6,8,10,15H,7,9H2,1H3,(H,16,17). The second-order valence-electron chi connectivity index (χ2n) is 4.08. The van der Waals surface area contributed by atoms with E-state index in [1.807, 2.05) is 12.1 Å². The summed E-state index contributed by atoms with van der Waals surface area (Å²) in [6, 6.07) is 11.9. The number of hydrogen-bond acceptors (Lipinski definition) is 1. The molecule has 0 spiro atoms. The van der Waals surface area contributed by atoms with Crippen LogP contribution in [0.1, 0.15) is 21.6 Å². The van der Waals surface area contributed by atoms with Crippen molar-refractivity contribution in [3.63, 3.8) is 0 Å². The number of hydrogen-bond donors (Lipinski definition) is 2. The van der Waals surface area contributed by atoms with Crippen LogP contribution in [0.4, 0.5) is 0 Å². The average molecular weight is 228 g/mol. The first kappa shape index (κ1) is 11.5. The Morgan fingerprint density at radius 3 is 2.88 bits per heavy atom. The van der Waals surface area contributed by atoms with Crippen molar-refractivity contribution in [2.75, 3.05) is 6.54 Å². The van der Waals surface area contributed by atoms with Crippen LogP contribution in [0.15, 0.2) is 42.6 Å². The van der Waals surface area contributed by atoms with Gasteiger partial charge in [0.15, 0.2) is 0 Å². The summed E-state index contributed by atoms with van der Waals surface area (Å²) in [4.78, 5) is 14.5. The predicted octanol–water partition coefficient (Wildman–Crippen LogP) is 2.30. The molecule has 0 saturated carbocycles. The monoisotopic (exact) mass is 228 g/mol. The fourth-order valence-electron chi connectivity index (χ4n) is 1.75. The van der Waals surface area contributed by atoms with E-state index in [-0.39, 0.29) is 5.91 Å². The number of H-pyrrole nitrogens is 1. The number of aromatic nitrogens is 1. The Morgan fingerprint density at radius 2 is 2.18 bits per heavy atom. The molecule has 0 atom stereocenters. The van der Waals surface area contributed by atoms with Crippen molar-refractivity contribution in [3.05, 3.63) is 59.4 Å². The zero-order valence-corrected chi connectivity index (χ0v) is 9.86. The maximum Gasteiger partial charge on any atom is 0.267 e. The molecule has 17 heavy (non-hydrogen) atoms. The molecule has 1 heterocycles. The van der Waals surface area contributed by atoms with Gasteiger partial charge in [-0.15, -0.1) is 0 Å². The van der Waals surface area contributed by atoms with Crippen LogP contribution in [-0.2, 0) is 6.42 Å². The highest BCUT2D eigenvalue weighted by Crippen LogP contribution is 2.04. The van der Waals surface area contributed by atoms with Crippen LogP contribution >= 0.6 is 0 Å². The van der Waals surface area contributed by atoms with E-state index in [1.54, 1.807) is 12.3 Å². The summed E-state index contributed by atoms with van der Waals surface area (Å²) in [6.45, 7) is 2.72. The number of aromatic amines is 1. The van der Waals surface area contributed by atoms with E-state index in [1.165, 1.54) is 11.1 Å². The minimum atomic E-state index is -0.0531. The molecule has 2 N–H and O–H groups in total. The highest BCUT2D eigenvalue weighted by molar-refractivity contribution is 5.92. The van der Waals surface area contributed by atoms with Crippen LogP contribution in [-0.4, -0.2) is 17.4 Å². The summed E-state index contributed by atoms with van der Waals surface area (Å²) >= 11 is 0. The van der Waals surface area contributed by atoms with Gasteiger partial charge in [0.2, 0.25) is 0 Å². The number of amides is 1. The minimum absolute atomic E-state index is 0.0531. The Kier molecular flexibility index (Phi) is 3.60. The summed E-state index contributed by atoms with van der Waals surface area (Å²) in [5.74, 6) is -0.0531. The molecule has 0 aliphatic carbocycles. The van der Waals surface area contributed by atoms with Gasteiger partial charge in [-0.25, -0.2) is 0 Å². The Balaban J connectivity index is 1.82. The molecule has 2 aromatic rings. The van der Waals surface area contributed by atoms with E-state index in [0.717, 1.165) is 6.42 Å². The lowest BCUT2D eigenvalue weighted by molar-refractivity contribution is 0.0950. The van der Waals surface area contributed by atoms with Crippen molar-refractivity contribution in [3.8, 4) is 0 Å². The third-order valence-corrected chi connectivity index (χ3v) is 2.62. The number of rotatable bonds is 4. The van der Waals surface area contributed by atoms with Crippen molar-refractivity contribution in [1.29, 1.82) is 0 Å². The van der Waals surface area contributed by atoms with Gasteiger partial charge in [-0.05, 0) is 31.0 Å². The summed E-state index contributed by atoms with van der Waals surface area (Å²) in [5, 5.41) is 2.88. The topological polar surface area (TPSA) is 44.9 Å². The molecule has 3 nitrogen and oxygen atoms in total. The number of carbonyl (C=O) groups excluding carboxylic acids is 1. The molecule has 0 unspecified atom stereocenters. The number of benzene rings is 1. The van der Waals surface area contributed by atoms with Crippen LogP contribution < -0.4 is 5.32 Å². The van der Waals surface area contributed by atoms with Crippen molar-refractivity contribution < 1.29 is 4.79 Å². The van der Waals surface area contributed by atoms with Gasteiger partial charge < -0.3 is 10.3 Å². The third-order valence-electron chi connectivity index (χ3n) is 2.62. The van der Waals surface area contributed by atoms with Gasteiger partial charge in [0.05, 0.1) is 0 Å². The quantitative estimate of drug-likeness (QED) is 0.828. The van der Waals surface area contributed by atoms with Gasteiger partial charge >= 0.3 is 0 Å². The zero-order chi connectivity index (χ0) is 12.1. The van der Waals surface area contributed by atoms with Gasteiger partial charge in [-0.2, -0.15) is 0 Å². The molecule has 1 aromatic heterocycles. The first-order chi connectivity index (χ1) is 8.25.